The van der Waals surface area contributed by atoms with Gasteiger partial charge in [0.2, 0.25) is 0 Å². The molecule has 1 N–H and O–H groups in total. The first-order valence-corrected chi connectivity index (χ1v) is 8.25. The van der Waals surface area contributed by atoms with Crippen molar-refractivity contribution in [3.63, 3.8) is 0 Å². The fourth-order valence-electron chi connectivity index (χ4n) is 3.33. The van der Waals surface area contributed by atoms with Crippen LogP contribution in [0.4, 0.5) is 4.39 Å². The van der Waals surface area contributed by atoms with Gasteiger partial charge in [-0.3, -0.25) is 4.90 Å². The maximum atomic E-state index is 14.0. The third-order valence-electron chi connectivity index (χ3n) is 4.58. The second-order valence-electron chi connectivity index (χ2n) is 6.31. The molecular weight excluding hydrogens is 321 g/mol. The number of aliphatic hydroxyl groups is 1. The molecule has 2 rings (SSSR count). The van der Waals surface area contributed by atoms with E-state index in [-0.39, 0.29) is 22.8 Å². The SMILES string of the molecule is COCCC1(CO)CCCN(Cc2cc(F)c(OC)c(Cl)c2)C1. The molecule has 0 saturated carbocycles. The van der Waals surface area contributed by atoms with Crippen molar-refractivity contribution in [2.75, 3.05) is 40.5 Å². The summed E-state index contributed by atoms with van der Waals surface area (Å²) in [6.45, 7) is 3.09. The van der Waals surface area contributed by atoms with Crippen LogP contribution in [0.2, 0.25) is 5.02 Å². The molecule has 1 fully saturated rings. The number of likely N-dealkylation sites (tertiary alicyclic amines) is 1. The molecule has 1 saturated heterocycles. The van der Waals surface area contributed by atoms with Crippen LogP contribution in [-0.4, -0.2) is 50.5 Å². The summed E-state index contributed by atoms with van der Waals surface area (Å²) in [5, 5.41) is 10.1. The Morgan fingerprint density at radius 1 is 1.39 bits per heavy atom. The van der Waals surface area contributed by atoms with Gasteiger partial charge in [-0.15, -0.1) is 0 Å². The molecule has 0 radical (unpaired) electrons. The number of aliphatic hydroxyl groups excluding tert-OH is 1. The number of ether oxygens (including phenoxy) is 2. The third-order valence-corrected chi connectivity index (χ3v) is 4.86. The Balaban J connectivity index is 2.08. The number of halogens is 2. The molecule has 0 bridgehead atoms. The standard InChI is InChI=1S/C17H25ClFNO3/c1-22-7-5-17(12-21)4-3-6-20(11-17)10-13-8-14(18)16(23-2)15(19)9-13/h8-9,21H,3-7,10-12H2,1-2H3. The first-order valence-electron chi connectivity index (χ1n) is 7.87. The van der Waals surface area contributed by atoms with Crippen molar-refractivity contribution in [3.05, 3.63) is 28.5 Å². The van der Waals surface area contributed by atoms with Crippen molar-refractivity contribution in [1.29, 1.82) is 0 Å². The van der Waals surface area contributed by atoms with Gasteiger partial charge in [0.1, 0.15) is 0 Å². The van der Waals surface area contributed by atoms with Gasteiger partial charge in [-0.25, -0.2) is 4.39 Å². The average molecular weight is 346 g/mol. The summed E-state index contributed by atoms with van der Waals surface area (Å²) in [6.07, 6.45) is 2.83. The highest BCUT2D eigenvalue weighted by Crippen LogP contribution is 2.35. The van der Waals surface area contributed by atoms with E-state index in [1.807, 2.05) is 0 Å². The molecule has 1 aliphatic heterocycles. The van der Waals surface area contributed by atoms with Gasteiger partial charge >= 0.3 is 0 Å². The Bertz CT molecular complexity index is 506. The summed E-state index contributed by atoms with van der Waals surface area (Å²) in [6, 6.07) is 3.21. The van der Waals surface area contributed by atoms with E-state index < -0.39 is 5.82 Å². The summed E-state index contributed by atoms with van der Waals surface area (Å²) in [7, 11) is 3.08. The summed E-state index contributed by atoms with van der Waals surface area (Å²) < 4.78 is 24.1. The van der Waals surface area contributed by atoms with Gasteiger partial charge in [0.25, 0.3) is 0 Å². The molecule has 1 aromatic rings. The van der Waals surface area contributed by atoms with E-state index in [2.05, 4.69) is 4.90 Å². The molecule has 1 aromatic carbocycles. The molecule has 0 aromatic heterocycles. The molecule has 4 nitrogen and oxygen atoms in total. The Kier molecular flexibility index (Phi) is 6.65. The number of rotatable bonds is 7. The van der Waals surface area contributed by atoms with Crippen LogP contribution in [0, 0.1) is 11.2 Å². The van der Waals surface area contributed by atoms with Gasteiger partial charge in [-0.2, -0.15) is 0 Å². The zero-order valence-corrected chi connectivity index (χ0v) is 14.5. The number of methoxy groups -OCH3 is 2. The lowest BCUT2D eigenvalue weighted by Crippen LogP contribution is -2.45. The summed E-state index contributed by atoms with van der Waals surface area (Å²) in [5.74, 6) is -0.362. The minimum absolute atomic E-state index is 0.0823. The van der Waals surface area contributed by atoms with E-state index in [9.17, 15) is 9.50 Å². The molecular formula is C17H25ClFNO3. The number of benzene rings is 1. The van der Waals surface area contributed by atoms with Crippen molar-refractivity contribution in [1.82, 2.24) is 4.90 Å². The second-order valence-corrected chi connectivity index (χ2v) is 6.72. The zero-order valence-electron chi connectivity index (χ0n) is 13.8. The maximum Gasteiger partial charge on any atom is 0.173 e. The number of piperidine rings is 1. The van der Waals surface area contributed by atoms with E-state index in [4.69, 9.17) is 21.1 Å². The van der Waals surface area contributed by atoms with Crippen LogP contribution in [0.3, 0.4) is 0 Å². The fraction of sp³-hybridized carbons (Fsp3) is 0.647. The largest absolute Gasteiger partial charge is 0.492 e. The van der Waals surface area contributed by atoms with Gasteiger partial charge in [0, 0.05) is 32.2 Å². The quantitative estimate of drug-likeness (QED) is 0.824. The van der Waals surface area contributed by atoms with Crippen LogP contribution in [0.25, 0.3) is 0 Å². The van der Waals surface area contributed by atoms with E-state index in [0.29, 0.717) is 13.2 Å². The minimum atomic E-state index is -0.445. The van der Waals surface area contributed by atoms with Crippen molar-refractivity contribution >= 4 is 11.6 Å². The molecule has 1 unspecified atom stereocenters. The zero-order chi connectivity index (χ0) is 16.9. The topological polar surface area (TPSA) is 41.9 Å². The van der Waals surface area contributed by atoms with Crippen molar-refractivity contribution in [3.8, 4) is 5.75 Å². The van der Waals surface area contributed by atoms with Gasteiger partial charge in [-0.1, -0.05) is 11.6 Å². The first kappa shape index (κ1) is 18.5. The van der Waals surface area contributed by atoms with Crippen LogP contribution < -0.4 is 4.74 Å². The van der Waals surface area contributed by atoms with E-state index in [0.717, 1.165) is 37.9 Å². The summed E-state index contributed by atoms with van der Waals surface area (Å²) >= 11 is 6.06. The molecule has 0 amide bonds. The highest BCUT2D eigenvalue weighted by molar-refractivity contribution is 6.32. The molecule has 6 heteroatoms. The molecule has 1 aliphatic rings. The predicted molar refractivity (Wildman–Crippen MR) is 88.5 cm³/mol. The van der Waals surface area contributed by atoms with E-state index >= 15 is 0 Å². The normalized spacial score (nSPS) is 22.3. The van der Waals surface area contributed by atoms with Crippen molar-refractivity contribution < 1.29 is 19.0 Å². The molecule has 1 heterocycles. The van der Waals surface area contributed by atoms with Crippen molar-refractivity contribution in [2.24, 2.45) is 5.41 Å². The minimum Gasteiger partial charge on any atom is -0.492 e. The highest BCUT2D eigenvalue weighted by atomic mass is 35.5. The molecule has 130 valence electrons. The van der Waals surface area contributed by atoms with Gasteiger partial charge in [0.05, 0.1) is 18.7 Å². The molecule has 0 aliphatic carbocycles. The first-order chi connectivity index (χ1) is 11.0. The maximum absolute atomic E-state index is 14.0. The van der Waals surface area contributed by atoms with Gasteiger partial charge in [-0.05, 0) is 43.5 Å². The van der Waals surface area contributed by atoms with Crippen molar-refractivity contribution in [2.45, 2.75) is 25.8 Å². The number of nitrogens with zero attached hydrogens (tertiary/aromatic N) is 1. The lowest BCUT2D eigenvalue weighted by molar-refractivity contribution is 0.00473. The van der Waals surface area contributed by atoms with Crippen LogP contribution >= 0.6 is 11.6 Å². The Hall–Kier alpha value is -0.880. The number of hydrogen-bond donors (Lipinski definition) is 1. The highest BCUT2D eigenvalue weighted by Gasteiger charge is 2.34. The third kappa shape index (κ3) is 4.57. The lowest BCUT2D eigenvalue weighted by atomic mass is 9.78. The molecule has 1 atom stereocenters. The van der Waals surface area contributed by atoms with Crippen LogP contribution in [0.15, 0.2) is 12.1 Å². The van der Waals surface area contributed by atoms with Gasteiger partial charge in [0.15, 0.2) is 11.6 Å². The Labute approximate surface area is 142 Å². The molecule has 23 heavy (non-hydrogen) atoms. The Morgan fingerprint density at radius 2 is 2.17 bits per heavy atom. The Morgan fingerprint density at radius 3 is 2.78 bits per heavy atom. The van der Waals surface area contributed by atoms with Crippen LogP contribution in [0.5, 0.6) is 5.75 Å². The van der Waals surface area contributed by atoms with Gasteiger partial charge < -0.3 is 14.6 Å². The smallest absolute Gasteiger partial charge is 0.173 e. The number of hydrogen-bond acceptors (Lipinski definition) is 4. The van der Waals surface area contributed by atoms with E-state index in [1.165, 1.54) is 13.2 Å². The fourth-order valence-corrected chi connectivity index (χ4v) is 3.64. The van der Waals surface area contributed by atoms with Crippen LogP contribution in [-0.2, 0) is 11.3 Å². The monoisotopic (exact) mass is 345 g/mol. The molecule has 0 spiro atoms. The second kappa shape index (κ2) is 8.29. The van der Waals surface area contributed by atoms with E-state index in [1.54, 1.807) is 13.2 Å². The summed E-state index contributed by atoms with van der Waals surface area (Å²) in [4.78, 5) is 2.24. The van der Waals surface area contributed by atoms with Crippen LogP contribution in [0.1, 0.15) is 24.8 Å². The predicted octanol–water partition coefficient (Wildman–Crippen LogP) is 3.10. The average Bonchev–Trinajstić information content (AvgIpc) is 2.53. The summed E-state index contributed by atoms with van der Waals surface area (Å²) in [5.41, 5.74) is 0.678. The lowest BCUT2D eigenvalue weighted by Gasteiger charge is -2.42.